The van der Waals surface area contributed by atoms with Gasteiger partial charge in [0.15, 0.2) is 0 Å². The molecule has 0 spiro atoms. The number of piperidine rings is 1. The minimum Gasteiger partial charge on any atom is -0.465 e. The number of carbonyl (C=O) groups excluding carboxylic acids is 2. The molecule has 0 aromatic heterocycles. The Morgan fingerprint density at radius 2 is 1.38 bits per heavy atom. The zero-order valence-corrected chi connectivity index (χ0v) is 21.4. The average Bonchev–Trinajstić information content (AvgIpc) is 2.86. The van der Waals surface area contributed by atoms with E-state index in [2.05, 4.69) is 6.92 Å². The first-order valence-corrected chi connectivity index (χ1v) is 13.8. The van der Waals surface area contributed by atoms with Crippen molar-refractivity contribution < 1.29 is 18.7 Å². The predicted molar refractivity (Wildman–Crippen MR) is 136 cm³/mol. The lowest BCUT2D eigenvalue weighted by Crippen LogP contribution is -2.40. The number of amides is 1. The van der Waals surface area contributed by atoms with Gasteiger partial charge in [-0.2, -0.15) is 0 Å². The van der Waals surface area contributed by atoms with E-state index in [0.29, 0.717) is 38.1 Å². The van der Waals surface area contributed by atoms with Gasteiger partial charge in [-0.25, -0.2) is 4.39 Å². The molecule has 1 amide bonds. The van der Waals surface area contributed by atoms with Gasteiger partial charge in [-0.15, -0.1) is 0 Å². The number of halogens is 1. The molecule has 34 heavy (non-hydrogen) atoms. The minimum atomic E-state index is -0.409. The van der Waals surface area contributed by atoms with E-state index in [4.69, 9.17) is 4.74 Å². The van der Waals surface area contributed by atoms with Crippen LogP contribution in [-0.2, 0) is 9.53 Å². The molecule has 0 atom stereocenters. The van der Waals surface area contributed by atoms with Crippen molar-refractivity contribution in [3.05, 3.63) is 35.6 Å². The van der Waals surface area contributed by atoms with Crippen molar-refractivity contribution in [1.29, 1.82) is 0 Å². The van der Waals surface area contributed by atoms with E-state index in [1.54, 1.807) is 17.0 Å². The van der Waals surface area contributed by atoms with Gasteiger partial charge in [-0.1, -0.05) is 96.5 Å². The highest BCUT2D eigenvalue weighted by Gasteiger charge is 2.28. The molecule has 1 aromatic rings. The molecule has 0 radical (unpaired) electrons. The molecule has 2 rings (SSSR count). The second kappa shape index (κ2) is 17.5. The monoisotopic (exact) mass is 475 g/mol. The van der Waals surface area contributed by atoms with Gasteiger partial charge >= 0.3 is 5.97 Å². The normalized spacial score (nSPS) is 14.4. The number of hydrogen-bond acceptors (Lipinski definition) is 3. The van der Waals surface area contributed by atoms with E-state index < -0.39 is 5.82 Å². The van der Waals surface area contributed by atoms with Gasteiger partial charge < -0.3 is 9.64 Å². The first kappa shape index (κ1) is 28.3. The predicted octanol–water partition coefficient (Wildman–Crippen LogP) is 7.70. The van der Waals surface area contributed by atoms with Crippen LogP contribution in [0, 0.1) is 11.7 Å². The minimum absolute atomic E-state index is 0.132. The summed E-state index contributed by atoms with van der Waals surface area (Å²) in [6.07, 6.45) is 19.5. The van der Waals surface area contributed by atoms with Crippen LogP contribution in [0.4, 0.5) is 4.39 Å². The number of likely N-dealkylation sites (tertiary alicyclic amines) is 1. The summed E-state index contributed by atoms with van der Waals surface area (Å²) in [5, 5.41) is 0. The summed E-state index contributed by atoms with van der Waals surface area (Å²) in [6.45, 7) is 3.78. The molecule has 5 heteroatoms. The highest BCUT2D eigenvalue weighted by molar-refractivity contribution is 5.94. The molecule has 0 bridgehead atoms. The third kappa shape index (κ3) is 11.5. The van der Waals surface area contributed by atoms with Crippen molar-refractivity contribution in [2.45, 2.75) is 110 Å². The second-order valence-corrected chi connectivity index (χ2v) is 9.84. The van der Waals surface area contributed by atoms with Crippen LogP contribution in [0.5, 0.6) is 0 Å². The Morgan fingerprint density at radius 1 is 0.853 bits per heavy atom. The van der Waals surface area contributed by atoms with Crippen LogP contribution in [0.1, 0.15) is 120 Å². The zero-order valence-electron chi connectivity index (χ0n) is 21.4. The molecule has 1 fully saturated rings. The lowest BCUT2D eigenvalue weighted by atomic mass is 9.96. The number of benzene rings is 1. The number of carbonyl (C=O) groups is 2. The topological polar surface area (TPSA) is 46.6 Å². The molecule has 0 aliphatic carbocycles. The van der Waals surface area contributed by atoms with Crippen molar-refractivity contribution in [2.24, 2.45) is 5.92 Å². The highest BCUT2D eigenvalue weighted by Crippen LogP contribution is 2.21. The molecule has 1 heterocycles. The Hall–Kier alpha value is -1.91. The Bertz CT molecular complexity index is 700. The molecule has 4 nitrogen and oxygen atoms in total. The van der Waals surface area contributed by atoms with E-state index in [-0.39, 0.29) is 17.8 Å². The Labute approximate surface area is 206 Å². The third-order valence-electron chi connectivity index (χ3n) is 6.93. The van der Waals surface area contributed by atoms with E-state index in [0.717, 1.165) is 12.8 Å². The van der Waals surface area contributed by atoms with E-state index >= 15 is 0 Å². The first-order chi connectivity index (χ1) is 16.6. The summed E-state index contributed by atoms with van der Waals surface area (Å²) in [7, 11) is 0. The van der Waals surface area contributed by atoms with Crippen LogP contribution >= 0.6 is 0 Å². The molecular weight excluding hydrogens is 429 g/mol. The fourth-order valence-electron chi connectivity index (χ4n) is 4.71. The van der Waals surface area contributed by atoms with Crippen LogP contribution in [0.3, 0.4) is 0 Å². The summed E-state index contributed by atoms with van der Waals surface area (Å²) < 4.78 is 18.9. The summed E-state index contributed by atoms with van der Waals surface area (Å²) in [5.74, 6) is -0.850. The van der Waals surface area contributed by atoms with Crippen LogP contribution in [-0.4, -0.2) is 36.5 Å². The van der Waals surface area contributed by atoms with Gasteiger partial charge in [0.05, 0.1) is 12.5 Å². The Morgan fingerprint density at radius 3 is 1.91 bits per heavy atom. The van der Waals surface area contributed by atoms with Crippen molar-refractivity contribution >= 4 is 11.9 Å². The van der Waals surface area contributed by atoms with Crippen LogP contribution in [0.2, 0.25) is 0 Å². The fourth-order valence-corrected chi connectivity index (χ4v) is 4.71. The first-order valence-electron chi connectivity index (χ1n) is 13.8. The summed E-state index contributed by atoms with van der Waals surface area (Å²) >= 11 is 0. The summed E-state index contributed by atoms with van der Waals surface area (Å²) in [4.78, 5) is 26.5. The lowest BCUT2D eigenvalue weighted by Gasteiger charge is -2.31. The number of hydrogen-bond donors (Lipinski definition) is 0. The molecule has 1 aliphatic rings. The molecule has 192 valence electrons. The number of unbranched alkanes of at least 4 members (excludes halogenated alkanes) is 13. The number of ether oxygens (including phenoxy) is 1. The highest BCUT2D eigenvalue weighted by atomic mass is 19.1. The fraction of sp³-hybridized carbons (Fsp3) is 0.724. The lowest BCUT2D eigenvalue weighted by molar-refractivity contribution is -0.150. The molecule has 0 saturated carbocycles. The maximum Gasteiger partial charge on any atom is 0.309 e. The van der Waals surface area contributed by atoms with Gasteiger partial charge in [0.25, 0.3) is 5.91 Å². The van der Waals surface area contributed by atoms with Crippen LogP contribution in [0.25, 0.3) is 0 Å². The zero-order chi connectivity index (χ0) is 24.4. The number of nitrogens with zero attached hydrogens (tertiary/aromatic N) is 1. The van der Waals surface area contributed by atoms with Gasteiger partial charge in [-0.3, -0.25) is 9.59 Å². The summed E-state index contributed by atoms with van der Waals surface area (Å²) in [5.41, 5.74) is 0.360. The average molecular weight is 476 g/mol. The number of esters is 1. The quantitative estimate of drug-likeness (QED) is 0.171. The molecule has 1 aromatic carbocycles. The van der Waals surface area contributed by atoms with E-state index in [9.17, 15) is 14.0 Å². The molecule has 1 aliphatic heterocycles. The third-order valence-corrected chi connectivity index (χ3v) is 6.93. The second-order valence-electron chi connectivity index (χ2n) is 9.84. The van der Waals surface area contributed by atoms with Crippen LogP contribution in [0.15, 0.2) is 24.3 Å². The van der Waals surface area contributed by atoms with Gasteiger partial charge in [0.2, 0.25) is 0 Å². The maximum absolute atomic E-state index is 13.4. The van der Waals surface area contributed by atoms with E-state index in [1.807, 2.05) is 0 Å². The largest absolute Gasteiger partial charge is 0.465 e. The maximum atomic E-state index is 13.4. The van der Waals surface area contributed by atoms with Crippen LogP contribution < -0.4 is 0 Å². The number of rotatable bonds is 17. The molecular formula is C29H46FNO3. The van der Waals surface area contributed by atoms with Gasteiger partial charge in [0, 0.05) is 18.7 Å². The van der Waals surface area contributed by atoms with Gasteiger partial charge in [-0.05, 0) is 37.5 Å². The van der Waals surface area contributed by atoms with Gasteiger partial charge in [0.1, 0.15) is 5.82 Å². The molecule has 1 saturated heterocycles. The standard InChI is InChI=1S/C29H46FNO3/c1-2-3-4-5-6-7-8-9-10-11-12-13-14-15-23-34-29(33)25-19-21-31(22-20-25)28(32)26-17-16-18-27(30)24-26/h16-18,24-25H,2-15,19-23H2,1H3. The van der Waals surface area contributed by atoms with Crippen molar-refractivity contribution in [3.8, 4) is 0 Å². The molecule has 0 unspecified atom stereocenters. The molecule has 0 N–H and O–H groups in total. The SMILES string of the molecule is CCCCCCCCCCCCCCCCOC(=O)C1CCN(C(=O)c2cccc(F)c2)CC1. The van der Waals surface area contributed by atoms with Crippen molar-refractivity contribution in [2.75, 3.05) is 19.7 Å². The smallest absolute Gasteiger partial charge is 0.309 e. The Balaban J connectivity index is 1.42. The Kier molecular flexibility index (Phi) is 14.6. The van der Waals surface area contributed by atoms with Crippen molar-refractivity contribution in [1.82, 2.24) is 4.90 Å². The van der Waals surface area contributed by atoms with E-state index in [1.165, 1.54) is 89.2 Å². The van der Waals surface area contributed by atoms with Crippen molar-refractivity contribution in [3.63, 3.8) is 0 Å². The summed E-state index contributed by atoms with van der Waals surface area (Å²) in [6, 6.07) is 5.77.